The quantitative estimate of drug-likeness (QED) is 0.795. The molecule has 0 aliphatic heterocycles. The zero-order chi connectivity index (χ0) is 14.8. The van der Waals surface area contributed by atoms with E-state index in [-0.39, 0.29) is 24.6 Å². The van der Waals surface area contributed by atoms with E-state index in [1.807, 2.05) is 6.07 Å². The van der Waals surface area contributed by atoms with Crippen LogP contribution in [0, 0.1) is 29.1 Å². The molecule has 0 saturated heterocycles. The van der Waals surface area contributed by atoms with Gasteiger partial charge in [0.25, 0.3) is 0 Å². The van der Waals surface area contributed by atoms with Crippen molar-refractivity contribution in [2.75, 3.05) is 11.9 Å². The third kappa shape index (κ3) is 2.72. The Morgan fingerprint density at radius 2 is 2.19 bits per heavy atom. The summed E-state index contributed by atoms with van der Waals surface area (Å²) in [5.74, 6) is 1.22. The van der Waals surface area contributed by atoms with Crippen LogP contribution in [-0.2, 0) is 0 Å². The lowest BCUT2D eigenvalue weighted by Crippen LogP contribution is -2.46. The molecule has 4 atom stereocenters. The summed E-state index contributed by atoms with van der Waals surface area (Å²) < 4.78 is 0. The van der Waals surface area contributed by atoms with Gasteiger partial charge >= 0.3 is 6.03 Å². The second-order valence-corrected chi connectivity index (χ2v) is 6.00. The first kappa shape index (κ1) is 13.9. The third-order valence-corrected chi connectivity index (χ3v) is 4.85. The maximum absolute atomic E-state index is 12.1. The number of benzene rings is 1. The molecule has 2 aliphatic rings. The molecule has 2 fully saturated rings. The van der Waals surface area contributed by atoms with E-state index >= 15 is 0 Å². The van der Waals surface area contributed by atoms with Crippen molar-refractivity contribution in [3.05, 3.63) is 29.8 Å². The molecule has 2 bridgehead atoms. The number of urea groups is 1. The number of hydrogen-bond donors (Lipinski definition) is 3. The molecule has 0 heterocycles. The smallest absolute Gasteiger partial charge is 0.319 e. The molecule has 0 spiro atoms. The lowest BCUT2D eigenvalue weighted by atomic mass is 9.85. The summed E-state index contributed by atoms with van der Waals surface area (Å²) in [6.45, 7) is 0.135. The van der Waals surface area contributed by atoms with E-state index in [2.05, 4.69) is 10.6 Å². The number of carbonyl (C=O) groups is 1. The van der Waals surface area contributed by atoms with Gasteiger partial charge in [0.2, 0.25) is 0 Å². The van der Waals surface area contributed by atoms with Crippen molar-refractivity contribution in [1.29, 1.82) is 5.26 Å². The van der Waals surface area contributed by atoms with Crippen molar-refractivity contribution in [3.63, 3.8) is 0 Å². The Balaban J connectivity index is 1.63. The minimum absolute atomic E-state index is 0.0629. The van der Waals surface area contributed by atoms with Crippen LogP contribution in [0.5, 0.6) is 0 Å². The monoisotopic (exact) mass is 285 g/mol. The first-order valence-corrected chi connectivity index (χ1v) is 7.40. The highest BCUT2D eigenvalue weighted by Gasteiger charge is 2.47. The molecule has 0 radical (unpaired) electrons. The summed E-state index contributed by atoms with van der Waals surface area (Å²) >= 11 is 0. The van der Waals surface area contributed by atoms with Gasteiger partial charge < -0.3 is 15.7 Å². The van der Waals surface area contributed by atoms with Crippen LogP contribution in [0.25, 0.3) is 0 Å². The van der Waals surface area contributed by atoms with Crippen molar-refractivity contribution in [1.82, 2.24) is 5.32 Å². The fourth-order valence-electron chi connectivity index (χ4n) is 3.88. The van der Waals surface area contributed by atoms with Crippen molar-refractivity contribution in [2.24, 2.45) is 17.8 Å². The van der Waals surface area contributed by atoms with Gasteiger partial charge in [0.05, 0.1) is 11.6 Å². The van der Waals surface area contributed by atoms with E-state index in [1.165, 1.54) is 6.42 Å². The van der Waals surface area contributed by atoms with E-state index in [1.54, 1.807) is 24.3 Å². The molecule has 21 heavy (non-hydrogen) atoms. The summed E-state index contributed by atoms with van der Waals surface area (Å²) in [6.07, 6.45) is 3.41. The van der Waals surface area contributed by atoms with Gasteiger partial charge in [-0.25, -0.2) is 4.79 Å². The number of carbonyl (C=O) groups excluding carboxylic acids is 1. The lowest BCUT2D eigenvalue weighted by Gasteiger charge is -2.30. The highest BCUT2D eigenvalue weighted by molar-refractivity contribution is 5.89. The maximum Gasteiger partial charge on any atom is 0.319 e. The summed E-state index contributed by atoms with van der Waals surface area (Å²) in [4.78, 5) is 12.1. The fraction of sp³-hybridized carbons (Fsp3) is 0.500. The van der Waals surface area contributed by atoms with Crippen molar-refractivity contribution in [2.45, 2.75) is 25.3 Å². The van der Waals surface area contributed by atoms with Crippen LogP contribution in [0.2, 0.25) is 0 Å². The van der Waals surface area contributed by atoms with E-state index in [9.17, 15) is 9.90 Å². The van der Waals surface area contributed by atoms with E-state index in [4.69, 9.17) is 5.26 Å². The number of nitriles is 1. The van der Waals surface area contributed by atoms with Crippen LogP contribution in [0.4, 0.5) is 10.5 Å². The number of rotatable bonds is 3. The normalized spacial score (nSPS) is 29.9. The Morgan fingerprint density at radius 1 is 1.38 bits per heavy atom. The molecule has 5 heteroatoms. The predicted molar refractivity (Wildman–Crippen MR) is 78.5 cm³/mol. The van der Waals surface area contributed by atoms with Gasteiger partial charge in [0.15, 0.2) is 0 Å². The van der Waals surface area contributed by atoms with Crippen molar-refractivity contribution in [3.8, 4) is 6.07 Å². The second kappa shape index (κ2) is 5.74. The van der Waals surface area contributed by atoms with Crippen LogP contribution in [0.15, 0.2) is 24.3 Å². The molecule has 110 valence electrons. The Hall–Kier alpha value is -2.06. The standard InChI is InChI=1S/C16H19N3O2/c17-8-10-2-1-3-13(6-10)18-16(21)19-15-12-5-4-11(7-12)14(15)9-20/h1-3,6,11-12,14-15,20H,4-5,7,9H2,(H2,18,19,21)/t11-,12-,14+,15-/m0/s1. The van der Waals surface area contributed by atoms with E-state index < -0.39 is 0 Å². The SMILES string of the molecule is N#Cc1cccc(NC(=O)N[C@H]2[C@H]3CC[C@@H](C3)[C@H]2CO)c1. The van der Waals surface area contributed by atoms with E-state index in [0.717, 1.165) is 12.8 Å². The highest BCUT2D eigenvalue weighted by Crippen LogP contribution is 2.48. The largest absolute Gasteiger partial charge is 0.396 e. The molecular formula is C16H19N3O2. The Bertz CT molecular complexity index is 581. The molecule has 2 aliphatic carbocycles. The topological polar surface area (TPSA) is 85.2 Å². The highest BCUT2D eigenvalue weighted by atomic mass is 16.3. The average Bonchev–Trinajstić information content (AvgIpc) is 3.08. The molecule has 0 aromatic heterocycles. The predicted octanol–water partition coefficient (Wildman–Crippen LogP) is 2.09. The van der Waals surface area contributed by atoms with E-state index in [0.29, 0.717) is 23.1 Å². The second-order valence-electron chi connectivity index (χ2n) is 6.00. The zero-order valence-electron chi connectivity index (χ0n) is 11.7. The van der Waals surface area contributed by atoms with Crippen molar-refractivity contribution >= 4 is 11.7 Å². The van der Waals surface area contributed by atoms with Crippen LogP contribution in [-0.4, -0.2) is 23.8 Å². The van der Waals surface area contributed by atoms with Crippen LogP contribution in [0.1, 0.15) is 24.8 Å². The molecule has 2 amide bonds. The molecule has 3 rings (SSSR count). The number of fused-ring (bicyclic) bond motifs is 2. The summed E-state index contributed by atoms with van der Waals surface area (Å²) in [5, 5.41) is 24.1. The Labute approximate surface area is 124 Å². The van der Waals surface area contributed by atoms with Gasteiger partial charge in [-0.3, -0.25) is 0 Å². The molecular weight excluding hydrogens is 266 g/mol. The zero-order valence-corrected chi connectivity index (χ0v) is 11.7. The summed E-state index contributed by atoms with van der Waals surface area (Å²) in [6, 6.07) is 8.68. The van der Waals surface area contributed by atoms with Gasteiger partial charge in [-0.15, -0.1) is 0 Å². The maximum atomic E-state index is 12.1. The average molecular weight is 285 g/mol. The molecule has 5 nitrogen and oxygen atoms in total. The lowest BCUT2D eigenvalue weighted by molar-refractivity contribution is 0.146. The first-order chi connectivity index (χ1) is 10.2. The number of nitrogens with one attached hydrogen (secondary N) is 2. The minimum Gasteiger partial charge on any atom is -0.396 e. The number of aliphatic hydroxyl groups excluding tert-OH is 1. The number of anilines is 1. The van der Waals surface area contributed by atoms with Gasteiger partial charge in [-0.2, -0.15) is 5.26 Å². The van der Waals surface area contributed by atoms with Gasteiger partial charge in [-0.1, -0.05) is 6.07 Å². The molecule has 2 saturated carbocycles. The van der Waals surface area contributed by atoms with Crippen LogP contribution in [0.3, 0.4) is 0 Å². The van der Waals surface area contributed by atoms with Gasteiger partial charge in [-0.05, 0) is 49.3 Å². The molecule has 1 aromatic carbocycles. The molecule has 0 unspecified atom stereocenters. The Morgan fingerprint density at radius 3 is 2.95 bits per heavy atom. The summed E-state index contributed by atoms with van der Waals surface area (Å²) in [7, 11) is 0. The first-order valence-electron chi connectivity index (χ1n) is 7.40. The van der Waals surface area contributed by atoms with Gasteiger partial charge in [0, 0.05) is 24.3 Å². The fourth-order valence-corrected chi connectivity index (χ4v) is 3.88. The van der Waals surface area contributed by atoms with Gasteiger partial charge in [0.1, 0.15) is 0 Å². The number of hydrogen-bond acceptors (Lipinski definition) is 3. The minimum atomic E-state index is -0.263. The number of amides is 2. The molecule has 1 aromatic rings. The van der Waals surface area contributed by atoms with Crippen molar-refractivity contribution < 1.29 is 9.90 Å². The Kier molecular flexibility index (Phi) is 3.80. The van der Waals surface area contributed by atoms with Crippen LogP contribution >= 0.6 is 0 Å². The number of nitrogens with zero attached hydrogens (tertiary/aromatic N) is 1. The number of aliphatic hydroxyl groups is 1. The molecule has 3 N–H and O–H groups in total. The van der Waals surface area contributed by atoms with Crippen LogP contribution < -0.4 is 10.6 Å². The summed E-state index contributed by atoms with van der Waals surface area (Å²) in [5.41, 5.74) is 1.12. The third-order valence-electron chi connectivity index (χ3n) is 4.85.